The molecule has 2 heterocycles. The van der Waals surface area contributed by atoms with E-state index in [4.69, 9.17) is 5.73 Å². The summed E-state index contributed by atoms with van der Waals surface area (Å²) in [4.78, 5) is 2.54. The topological polar surface area (TPSA) is 47.1 Å². The van der Waals surface area contributed by atoms with Crippen LogP contribution in [0.5, 0.6) is 0 Å². The first-order chi connectivity index (χ1) is 8.24. The van der Waals surface area contributed by atoms with E-state index >= 15 is 0 Å². The summed E-state index contributed by atoms with van der Waals surface area (Å²) in [6, 6.07) is 0.345. The molecule has 1 aliphatic rings. The van der Waals surface area contributed by atoms with Gasteiger partial charge in [0, 0.05) is 31.9 Å². The molecule has 1 aliphatic heterocycles. The molecule has 0 spiro atoms. The second-order valence-corrected chi connectivity index (χ2v) is 5.11. The maximum Gasteiger partial charge on any atom is 0.0538 e. The summed E-state index contributed by atoms with van der Waals surface area (Å²) in [5, 5.41) is 4.25. The molecular weight excluding hydrogens is 212 g/mol. The predicted octanol–water partition coefficient (Wildman–Crippen LogP) is 1.54. The van der Waals surface area contributed by atoms with Gasteiger partial charge in [-0.05, 0) is 25.3 Å². The van der Waals surface area contributed by atoms with Crippen LogP contribution < -0.4 is 5.73 Å². The van der Waals surface area contributed by atoms with Crippen LogP contribution in [0.2, 0.25) is 0 Å². The third-order valence-corrected chi connectivity index (χ3v) is 3.90. The molecule has 0 aliphatic carbocycles. The largest absolute Gasteiger partial charge is 0.329 e. The molecule has 1 aromatic heterocycles. The van der Waals surface area contributed by atoms with Crippen molar-refractivity contribution in [2.24, 2.45) is 18.7 Å². The molecule has 4 heteroatoms. The van der Waals surface area contributed by atoms with Crippen LogP contribution in [0, 0.1) is 5.92 Å². The molecule has 4 nitrogen and oxygen atoms in total. The number of likely N-dealkylation sites (tertiary alicyclic amines) is 1. The van der Waals surface area contributed by atoms with E-state index in [1.54, 1.807) is 0 Å². The molecule has 0 bridgehead atoms. The fraction of sp³-hybridized carbons (Fsp3) is 0.769. The number of nitrogens with two attached hydrogens (primary N) is 1. The Morgan fingerprint density at radius 2 is 2.41 bits per heavy atom. The minimum absolute atomic E-state index is 0.345. The maximum atomic E-state index is 5.95. The molecule has 1 saturated heterocycles. The molecule has 17 heavy (non-hydrogen) atoms. The zero-order valence-electron chi connectivity index (χ0n) is 11.0. The fourth-order valence-corrected chi connectivity index (χ4v) is 2.82. The van der Waals surface area contributed by atoms with Crippen LogP contribution in [-0.2, 0) is 7.05 Å². The van der Waals surface area contributed by atoms with Crippen molar-refractivity contribution < 1.29 is 0 Å². The summed E-state index contributed by atoms with van der Waals surface area (Å²) >= 11 is 0. The summed E-state index contributed by atoms with van der Waals surface area (Å²) in [6.45, 7) is 5.33. The van der Waals surface area contributed by atoms with Crippen LogP contribution in [0.15, 0.2) is 12.4 Å². The molecule has 1 fully saturated rings. The van der Waals surface area contributed by atoms with E-state index in [1.165, 1.54) is 37.9 Å². The standard InChI is InChI=1S/C13H24N4/c1-3-11-5-4-6-17(9-11)13(7-14)12-8-15-16(2)10-12/h8,10-11,13H,3-7,9,14H2,1-2H3. The molecule has 2 N–H and O–H groups in total. The molecule has 0 aromatic carbocycles. The van der Waals surface area contributed by atoms with Crippen molar-refractivity contribution in [3.63, 3.8) is 0 Å². The van der Waals surface area contributed by atoms with Gasteiger partial charge in [0.2, 0.25) is 0 Å². The van der Waals surface area contributed by atoms with Gasteiger partial charge in [-0.1, -0.05) is 13.3 Å². The fourth-order valence-electron chi connectivity index (χ4n) is 2.82. The maximum absolute atomic E-state index is 5.95. The quantitative estimate of drug-likeness (QED) is 0.862. The average Bonchev–Trinajstić information content (AvgIpc) is 2.77. The Morgan fingerprint density at radius 1 is 1.59 bits per heavy atom. The van der Waals surface area contributed by atoms with Crippen molar-refractivity contribution >= 4 is 0 Å². The van der Waals surface area contributed by atoms with Crippen molar-refractivity contribution in [1.29, 1.82) is 0 Å². The molecule has 0 saturated carbocycles. The minimum atomic E-state index is 0.345. The lowest BCUT2D eigenvalue weighted by molar-refractivity contribution is 0.124. The number of hydrogen-bond donors (Lipinski definition) is 1. The van der Waals surface area contributed by atoms with E-state index in [2.05, 4.69) is 23.1 Å². The van der Waals surface area contributed by atoms with Gasteiger partial charge in [0.1, 0.15) is 0 Å². The lowest BCUT2D eigenvalue weighted by Gasteiger charge is -2.37. The van der Waals surface area contributed by atoms with Crippen molar-refractivity contribution in [1.82, 2.24) is 14.7 Å². The number of aryl methyl sites for hydroxylation is 1. The number of nitrogens with zero attached hydrogens (tertiary/aromatic N) is 3. The summed E-state index contributed by atoms with van der Waals surface area (Å²) < 4.78 is 1.86. The highest BCUT2D eigenvalue weighted by molar-refractivity contribution is 5.11. The van der Waals surface area contributed by atoms with Gasteiger partial charge in [-0.2, -0.15) is 5.10 Å². The van der Waals surface area contributed by atoms with Gasteiger partial charge >= 0.3 is 0 Å². The number of rotatable bonds is 4. The summed E-state index contributed by atoms with van der Waals surface area (Å²) in [5.41, 5.74) is 7.21. The predicted molar refractivity (Wildman–Crippen MR) is 69.6 cm³/mol. The third kappa shape index (κ3) is 2.87. The number of piperidine rings is 1. The Hall–Kier alpha value is -0.870. The second kappa shape index (κ2) is 5.65. The minimum Gasteiger partial charge on any atom is -0.329 e. The van der Waals surface area contributed by atoms with Gasteiger partial charge in [-0.15, -0.1) is 0 Å². The number of aromatic nitrogens is 2. The zero-order valence-corrected chi connectivity index (χ0v) is 11.0. The Balaban J connectivity index is 2.07. The monoisotopic (exact) mass is 236 g/mol. The van der Waals surface area contributed by atoms with Crippen LogP contribution in [-0.4, -0.2) is 34.3 Å². The van der Waals surface area contributed by atoms with Crippen LogP contribution in [0.25, 0.3) is 0 Å². The Kier molecular flexibility index (Phi) is 4.18. The highest BCUT2D eigenvalue weighted by Crippen LogP contribution is 2.27. The number of hydrogen-bond acceptors (Lipinski definition) is 3. The Labute approximate surface area is 104 Å². The summed E-state index contributed by atoms with van der Waals surface area (Å²) in [7, 11) is 1.96. The highest BCUT2D eigenvalue weighted by Gasteiger charge is 2.25. The van der Waals surface area contributed by atoms with Gasteiger partial charge in [-0.25, -0.2) is 0 Å². The lowest BCUT2D eigenvalue weighted by atomic mass is 9.93. The first-order valence-corrected chi connectivity index (χ1v) is 6.67. The van der Waals surface area contributed by atoms with Gasteiger partial charge in [-0.3, -0.25) is 9.58 Å². The molecule has 0 radical (unpaired) electrons. The van der Waals surface area contributed by atoms with Gasteiger partial charge in [0.15, 0.2) is 0 Å². The van der Waals surface area contributed by atoms with E-state index in [-0.39, 0.29) is 0 Å². The summed E-state index contributed by atoms with van der Waals surface area (Å²) in [6.07, 6.45) is 7.99. The van der Waals surface area contributed by atoms with Gasteiger partial charge in [0.05, 0.1) is 12.2 Å². The summed E-state index contributed by atoms with van der Waals surface area (Å²) in [5.74, 6) is 0.842. The van der Waals surface area contributed by atoms with E-state index in [0.29, 0.717) is 12.6 Å². The second-order valence-electron chi connectivity index (χ2n) is 5.11. The van der Waals surface area contributed by atoms with Gasteiger partial charge in [0.25, 0.3) is 0 Å². The first kappa shape index (κ1) is 12.6. The van der Waals surface area contributed by atoms with Crippen LogP contribution >= 0.6 is 0 Å². The molecule has 96 valence electrons. The van der Waals surface area contributed by atoms with Crippen molar-refractivity contribution in [2.45, 2.75) is 32.2 Å². The Bertz CT molecular complexity index is 347. The SMILES string of the molecule is CCC1CCCN(C(CN)c2cnn(C)c2)C1. The molecule has 2 rings (SSSR count). The Morgan fingerprint density at radius 3 is 3.00 bits per heavy atom. The van der Waals surface area contributed by atoms with Gasteiger partial charge < -0.3 is 5.73 Å². The van der Waals surface area contributed by atoms with Crippen LogP contribution in [0.4, 0.5) is 0 Å². The molecule has 0 amide bonds. The normalized spacial score (nSPS) is 23.8. The van der Waals surface area contributed by atoms with Crippen molar-refractivity contribution in [2.75, 3.05) is 19.6 Å². The first-order valence-electron chi connectivity index (χ1n) is 6.67. The lowest BCUT2D eigenvalue weighted by Crippen LogP contribution is -2.40. The van der Waals surface area contributed by atoms with Crippen LogP contribution in [0.1, 0.15) is 37.8 Å². The highest BCUT2D eigenvalue weighted by atomic mass is 15.3. The molecule has 2 atom stereocenters. The van der Waals surface area contributed by atoms with E-state index in [0.717, 1.165) is 5.92 Å². The third-order valence-electron chi connectivity index (χ3n) is 3.90. The van der Waals surface area contributed by atoms with Crippen molar-refractivity contribution in [3.8, 4) is 0 Å². The van der Waals surface area contributed by atoms with E-state index in [9.17, 15) is 0 Å². The average molecular weight is 236 g/mol. The van der Waals surface area contributed by atoms with E-state index in [1.807, 2.05) is 17.9 Å². The smallest absolute Gasteiger partial charge is 0.0538 e. The molecular formula is C13H24N4. The van der Waals surface area contributed by atoms with Crippen LogP contribution in [0.3, 0.4) is 0 Å². The molecule has 1 aromatic rings. The van der Waals surface area contributed by atoms with Crippen molar-refractivity contribution in [3.05, 3.63) is 18.0 Å². The zero-order chi connectivity index (χ0) is 12.3. The van der Waals surface area contributed by atoms with E-state index < -0.39 is 0 Å². The molecule has 2 unspecified atom stereocenters.